The van der Waals surface area contributed by atoms with E-state index in [2.05, 4.69) is 25.2 Å². The summed E-state index contributed by atoms with van der Waals surface area (Å²) in [4.78, 5) is 3.97. The molecular weight excluding hydrogens is 189 g/mol. The third-order valence-corrected chi connectivity index (χ3v) is 1.98. The summed E-state index contributed by atoms with van der Waals surface area (Å²) in [6.07, 6.45) is 5.84. The monoisotopic (exact) mass is 201 g/mol. The maximum absolute atomic E-state index is 7.87. The standard InChI is InChI=1S/C6H11N2.C3HBN3/c1-3-8(2)5-4-7-6-8;5-1-4(2-6)3-7/h4-6H,3H2,1-2H3;4H/q+1;-1. The van der Waals surface area contributed by atoms with Gasteiger partial charge in [0, 0.05) is 0 Å². The summed E-state index contributed by atoms with van der Waals surface area (Å²) in [5.74, 6) is 4.69. The van der Waals surface area contributed by atoms with Gasteiger partial charge in [0.1, 0.15) is 6.20 Å². The molecule has 5 nitrogen and oxygen atoms in total. The van der Waals surface area contributed by atoms with Crippen molar-refractivity contribution in [1.82, 2.24) is 0 Å². The van der Waals surface area contributed by atoms with Crippen molar-refractivity contribution in [2.75, 3.05) is 13.6 Å². The topological polar surface area (TPSA) is 83.7 Å². The van der Waals surface area contributed by atoms with Crippen LogP contribution >= 0.6 is 0 Å². The van der Waals surface area contributed by atoms with Crippen molar-refractivity contribution >= 4 is 13.1 Å². The molecule has 76 valence electrons. The Morgan fingerprint density at radius 1 is 1.27 bits per heavy atom. The molecule has 0 saturated heterocycles. The highest BCUT2D eigenvalue weighted by molar-refractivity contribution is 6.81. The smallest absolute Gasteiger partial charge is 0.256 e. The average molecular weight is 201 g/mol. The molecule has 6 heteroatoms. The summed E-state index contributed by atoms with van der Waals surface area (Å²) in [5.41, 5.74) is 0. The van der Waals surface area contributed by atoms with Crippen molar-refractivity contribution in [2.45, 2.75) is 6.92 Å². The summed E-state index contributed by atoms with van der Waals surface area (Å²) < 4.78 is 0.847. The van der Waals surface area contributed by atoms with E-state index in [1.807, 2.05) is 12.5 Å². The summed E-state index contributed by atoms with van der Waals surface area (Å²) >= 11 is 0. The minimum absolute atomic E-state index is 0.847. The Kier molecular flexibility index (Phi) is 5.48. The lowest BCUT2D eigenvalue weighted by Crippen LogP contribution is -2.33. The van der Waals surface area contributed by atoms with E-state index in [-0.39, 0.29) is 0 Å². The molecule has 0 fully saturated rings. The van der Waals surface area contributed by atoms with Crippen molar-refractivity contribution in [3.63, 3.8) is 0 Å². The van der Waals surface area contributed by atoms with Gasteiger partial charge >= 0.3 is 0 Å². The normalized spacial score (nSPS) is 21.1. The van der Waals surface area contributed by atoms with Crippen LogP contribution in [-0.2, 0) is 0 Å². The molecule has 1 aliphatic heterocycles. The molecule has 0 aromatic heterocycles. The fourth-order valence-corrected chi connectivity index (χ4v) is 0.713. The Hall–Kier alpha value is -2.10. The molecule has 0 bridgehead atoms. The number of rotatable bonds is 1. The molecule has 0 aliphatic carbocycles. The highest BCUT2D eigenvalue weighted by Crippen LogP contribution is 2.04. The lowest BCUT2D eigenvalue weighted by molar-refractivity contribution is -0.753. The zero-order chi connectivity index (χ0) is 11.7. The summed E-state index contributed by atoms with van der Waals surface area (Å²) in [6.45, 7) is 1.43. The number of aliphatic imine (C=N–C) groups is 1. The van der Waals surface area contributed by atoms with Crippen molar-refractivity contribution < 1.29 is 4.48 Å². The highest BCUT2D eigenvalue weighted by atomic mass is 15.3. The molecule has 0 aromatic carbocycles. The van der Waals surface area contributed by atoms with Crippen LogP contribution in [0.5, 0.6) is 0 Å². The second kappa shape index (κ2) is 6.37. The zero-order valence-electron chi connectivity index (χ0n) is 8.88. The molecule has 0 amide bonds. The molecule has 1 rings (SSSR count). The third kappa shape index (κ3) is 4.62. The van der Waals surface area contributed by atoms with E-state index in [4.69, 9.17) is 15.8 Å². The number of hydrogen-bond donors (Lipinski definition) is 0. The predicted molar refractivity (Wildman–Crippen MR) is 58.3 cm³/mol. The minimum Gasteiger partial charge on any atom is -0.256 e. The molecule has 1 heterocycles. The first kappa shape index (κ1) is 12.9. The average Bonchev–Trinajstić information content (AvgIpc) is 2.70. The van der Waals surface area contributed by atoms with Crippen LogP contribution in [0.1, 0.15) is 6.92 Å². The number of hydrogen-bond acceptors (Lipinski definition) is 4. The van der Waals surface area contributed by atoms with Crippen molar-refractivity contribution in [3.8, 4) is 17.9 Å². The molecule has 0 saturated carbocycles. The quantitative estimate of drug-likeness (QED) is 0.453. The lowest BCUT2D eigenvalue weighted by atomic mass is 9.55. The summed E-state index contributed by atoms with van der Waals surface area (Å²) in [5, 5.41) is 23.6. The Bertz CT molecular complexity index is 333. The Morgan fingerprint density at radius 3 is 1.93 bits per heavy atom. The van der Waals surface area contributed by atoms with Gasteiger partial charge in [-0.2, -0.15) is 0 Å². The SMILES string of the molecule is CC[N+]1(C)C=CN=C1.N#C[BH-](C#N)C#N. The van der Waals surface area contributed by atoms with Gasteiger partial charge in [-0.3, -0.25) is 4.48 Å². The van der Waals surface area contributed by atoms with Crippen LogP contribution < -0.4 is 0 Å². The molecule has 15 heavy (non-hydrogen) atoms. The van der Waals surface area contributed by atoms with E-state index in [9.17, 15) is 0 Å². The summed E-state index contributed by atoms with van der Waals surface area (Å²) in [7, 11) is 2.12. The number of quaternary nitrogens is 1. The first-order valence-corrected chi connectivity index (χ1v) is 4.57. The van der Waals surface area contributed by atoms with Crippen LogP contribution in [0.25, 0.3) is 0 Å². The maximum Gasteiger partial charge on any atom is 0.286 e. The van der Waals surface area contributed by atoms with E-state index < -0.39 is 6.71 Å². The van der Waals surface area contributed by atoms with Crippen LogP contribution in [0.4, 0.5) is 0 Å². The van der Waals surface area contributed by atoms with Gasteiger partial charge in [0.25, 0.3) is 6.71 Å². The van der Waals surface area contributed by atoms with Crippen molar-refractivity contribution in [2.24, 2.45) is 4.99 Å². The first-order valence-electron chi connectivity index (χ1n) is 4.57. The predicted octanol–water partition coefficient (Wildman–Crippen LogP) is 0.368. The number of nitriles is 3. The largest absolute Gasteiger partial charge is 0.286 e. The second-order valence-corrected chi connectivity index (χ2v) is 3.23. The molecule has 0 radical (unpaired) electrons. The molecule has 1 unspecified atom stereocenters. The summed E-state index contributed by atoms with van der Waals surface area (Å²) in [6, 6.07) is 0. The molecule has 1 aliphatic rings. The van der Waals surface area contributed by atoms with Gasteiger partial charge in [-0.15, -0.1) is 17.9 Å². The molecular formula is C9H12BN5. The first-order chi connectivity index (χ1) is 7.11. The van der Waals surface area contributed by atoms with E-state index >= 15 is 0 Å². The highest BCUT2D eigenvalue weighted by Gasteiger charge is 2.14. The van der Waals surface area contributed by atoms with Crippen molar-refractivity contribution in [3.05, 3.63) is 12.4 Å². The van der Waals surface area contributed by atoms with Gasteiger partial charge in [0.15, 0.2) is 6.34 Å². The number of nitrogens with zero attached hydrogens (tertiary/aromatic N) is 5. The maximum atomic E-state index is 7.87. The van der Waals surface area contributed by atoms with Gasteiger partial charge in [-0.1, -0.05) is 0 Å². The second-order valence-electron chi connectivity index (χ2n) is 3.23. The molecule has 0 N–H and O–H groups in total. The van der Waals surface area contributed by atoms with Crippen LogP contribution in [0, 0.1) is 33.7 Å². The van der Waals surface area contributed by atoms with Crippen LogP contribution in [0.15, 0.2) is 17.4 Å². The minimum atomic E-state index is -1.79. The zero-order valence-corrected chi connectivity index (χ0v) is 8.88. The van der Waals surface area contributed by atoms with Gasteiger partial charge in [0.2, 0.25) is 0 Å². The lowest BCUT2D eigenvalue weighted by Gasteiger charge is -2.18. The van der Waals surface area contributed by atoms with Gasteiger partial charge in [-0.25, -0.2) is 20.8 Å². The van der Waals surface area contributed by atoms with E-state index in [1.54, 1.807) is 17.9 Å². The van der Waals surface area contributed by atoms with E-state index in [0.29, 0.717) is 0 Å². The van der Waals surface area contributed by atoms with Crippen molar-refractivity contribution in [1.29, 1.82) is 15.8 Å². The Morgan fingerprint density at radius 2 is 1.80 bits per heavy atom. The molecule has 1 atom stereocenters. The van der Waals surface area contributed by atoms with Crippen LogP contribution in [-0.4, -0.2) is 31.1 Å². The Balaban J connectivity index is 0.000000265. The van der Waals surface area contributed by atoms with Gasteiger partial charge in [0.05, 0.1) is 19.8 Å². The van der Waals surface area contributed by atoms with Gasteiger partial charge < -0.3 is 0 Å². The third-order valence-electron chi connectivity index (χ3n) is 1.98. The fourth-order valence-electron chi connectivity index (χ4n) is 0.713. The van der Waals surface area contributed by atoms with E-state index in [1.165, 1.54) is 0 Å². The van der Waals surface area contributed by atoms with Crippen LogP contribution in [0.2, 0.25) is 0 Å². The van der Waals surface area contributed by atoms with Crippen LogP contribution in [0.3, 0.4) is 0 Å². The van der Waals surface area contributed by atoms with Gasteiger partial charge in [-0.05, 0) is 6.92 Å². The molecule has 0 aromatic rings. The molecule has 0 spiro atoms. The fraction of sp³-hybridized carbons (Fsp3) is 0.333. The Labute approximate surface area is 89.8 Å². The van der Waals surface area contributed by atoms with E-state index in [0.717, 1.165) is 11.0 Å².